The minimum atomic E-state index is -0.316. The Kier molecular flexibility index (Phi) is 3.92. The second kappa shape index (κ2) is 5.85. The number of fused-ring (bicyclic) bond motifs is 1. The van der Waals surface area contributed by atoms with E-state index in [0.29, 0.717) is 12.5 Å². The first-order valence-electron chi connectivity index (χ1n) is 7.44. The highest BCUT2D eigenvalue weighted by molar-refractivity contribution is 5.39. The number of benzene rings is 1. The molecule has 1 aromatic carbocycles. The van der Waals surface area contributed by atoms with Gasteiger partial charge in [0.15, 0.2) is 5.82 Å². The molecule has 2 aromatic rings. The van der Waals surface area contributed by atoms with Crippen LogP contribution in [0.2, 0.25) is 0 Å². The number of rotatable bonds is 5. The fourth-order valence-electron chi connectivity index (χ4n) is 2.71. The SMILES string of the molecule is CC(C)Cn1ncnc1COc1ccc2c(c1)CC[C@@H]2O. The summed E-state index contributed by atoms with van der Waals surface area (Å²) in [6, 6.07) is 5.90. The molecule has 0 saturated heterocycles. The van der Waals surface area contributed by atoms with Crippen LogP contribution in [0.4, 0.5) is 0 Å². The molecule has 1 aliphatic rings. The first kappa shape index (κ1) is 14.1. The third-order valence-electron chi connectivity index (χ3n) is 3.76. The van der Waals surface area contributed by atoms with E-state index in [1.54, 1.807) is 6.33 Å². The van der Waals surface area contributed by atoms with Crippen LogP contribution in [0.1, 0.15) is 43.3 Å². The smallest absolute Gasteiger partial charge is 0.164 e. The first-order chi connectivity index (χ1) is 10.1. The molecule has 21 heavy (non-hydrogen) atoms. The van der Waals surface area contributed by atoms with Crippen molar-refractivity contribution in [2.45, 2.75) is 45.9 Å². The van der Waals surface area contributed by atoms with E-state index < -0.39 is 0 Å². The molecule has 1 aromatic heterocycles. The summed E-state index contributed by atoms with van der Waals surface area (Å²) in [5.41, 5.74) is 2.22. The van der Waals surface area contributed by atoms with Gasteiger partial charge in [0.25, 0.3) is 0 Å². The fraction of sp³-hybridized carbons (Fsp3) is 0.500. The Balaban J connectivity index is 1.67. The molecule has 3 rings (SSSR count). The minimum absolute atomic E-state index is 0.316. The number of aliphatic hydroxyl groups excluding tert-OH is 1. The molecule has 0 unspecified atom stereocenters. The zero-order valence-electron chi connectivity index (χ0n) is 12.5. The van der Waals surface area contributed by atoms with Gasteiger partial charge in [-0.3, -0.25) is 0 Å². The van der Waals surface area contributed by atoms with Crippen molar-refractivity contribution in [1.29, 1.82) is 0 Å². The van der Waals surface area contributed by atoms with Gasteiger partial charge in [0.05, 0.1) is 6.10 Å². The maximum atomic E-state index is 9.81. The number of hydrogen-bond acceptors (Lipinski definition) is 4. The Morgan fingerprint density at radius 1 is 1.43 bits per heavy atom. The van der Waals surface area contributed by atoms with Crippen LogP contribution in [0.15, 0.2) is 24.5 Å². The summed E-state index contributed by atoms with van der Waals surface area (Å²) in [5.74, 6) is 2.18. The standard InChI is InChI=1S/C16H21N3O2/c1-11(2)8-19-16(17-10-18-19)9-21-13-4-5-14-12(7-13)3-6-15(14)20/h4-5,7,10-11,15,20H,3,6,8-9H2,1-2H3/t15-/m0/s1. The zero-order valence-corrected chi connectivity index (χ0v) is 12.5. The first-order valence-corrected chi connectivity index (χ1v) is 7.44. The number of aryl methyl sites for hydroxylation is 1. The molecule has 0 saturated carbocycles. The molecule has 1 atom stereocenters. The Labute approximate surface area is 124 Å². The summed E-state index contributed by atoms with van der Waals surface area (Å²) in [6.45, 7) is 5.55. The maximum Gasteiger partial charge on any atom is 0.164 e. The van der Waals surface area contributed by atoms with E-state index in [1.807, 2.05) is 22.9 Å². The van der Waals surface area contributed by atoms with Crippen molar-refractivity contribution in [3.63, 3.8) is 0 Å². The van der Waals surface area contributed by atoms with Gasteiger partial charge in [0.1, 0.15) is 18.7 Å². The molecule has 1 aliphatic carbocycles. The van der Waals surface area contributed by atoms with E-state index in [1.165, 1.54) is 5.56 Å². The summed E-state index contributed by atoms with van der Waals surface area (Å²) in [6.07, 6.45) is 2.97. The molecular formula is C16H21N3O2. The van der Waals surface area contributed by atoms with Gasteiger partial charge >= 0.3 is 0 Å². The predicted octanol–water partition coefficient (Wildman–Crippen LogP) is 2.49. The van der Waals surface area contributed by atoms with Crippen LogP contribution in [-0.2, 0) is 19.6 Å². The second-order valence-electron chi connectivity index (χ2n) is 5.96. The zero-order chi connectivity index (χ0) is 14.8. The number of hydrogen-bond donors (Lipinski definition) is 1. The van der Waals surface area contributed by atoms with Crippen LogP contribution in [0.25, 0.3) is 0 Å². The van der Waals surface area contributed by atoms with E-state index in [-0.39, 0.29) is 6.10 Å². The third-order valence-corrected chi connectivity index (χ3v) is 3.76. The molecule has 0 spiro atoms. The number of aromatic nitrogens is 3. The van der Waals surface area contributed by atoms with Gasteiger partial charge in [-0.2, -0.15) is 5.10 Å². The summed E-state index contributed by atoms with van der Waals surface area (Å²) in [7, 11) is 0. The topological polar surface area (TPSA) is 60.2 Å². The molecule has 1 N–H and O–H groups in total. The van der Waals surface area contributed by atoms with Gasteiger partial charge in [0, 0.05) is 6.54 Å². The average molecular weight is 287 g/mol. The van der Waals surface area contributed by atoms with Crippen LogP contribution < -0.4 is 4.74 Å². The van der Waals surface area contributed by atoms with Gasteiger partial charge in [-0.05, 0) is 42.0 Å². The lowest BCUT2D eigenvalue weighted by Gasteiger charge is -2.11. The van der Waals surface area contributed by atoms with Gasteiger partial charge in [-0.25, -0.2) is 9.67 Å². The number of nitrogens with zero attached hydrogens (tertiary/aromatic N) is 3. The van der Waals surface area contributed by atoms with E-state index in [0.717, 1.165) is 36.5 Å². The van der Waals surface area contributed by atoms with Crippen LogP contribution in [0.3, 0.4) is 0 Å². The molecular weight excluding hydrogens is 266 g/mol. The van der Waals surface area contributed by atoms with Crippen molar-refractivity contribution in [3.8, 4) is 5.75 Å². The van der Waals surface area contributed by atoms with Gasteiger partial charge in [-0.1, -0.05) is 19.9 Å². The van der Waals surface area contributed by atoms with Crippen molar-refractivity contribution >= 4 is 0 Å². The van der Waals surface area contributed by atoms with Crippen LogP contribution in [0, 0.1) is 5.92 Å². The van der Waals surface area contributed by atoms with E-state index >= 15 is 0 Å². The quantitative estimate of drug-likeness (QED) is 0.918. The minimum Gasteiger partial charge on any atom is -0.486 e. The van der Waals surface area contributed by atoms with Crippen LogP contribution in [-0.4, -0.2) is 19.9 Å². The number of aliphatic hydroxyl groups is 1. The Bertz CT molecular complexity index is 622. The van der Waals surface area contributed by atoms with Crippen LogP contribution in [0.5, 0.6) is 5.75 Å². The van der Waals surface area contributed by atoms with Crippen LogP contribution >= 0.6 is 0 Å². The van der Waals surface area contributed by atoms with Crippen molar-refractivity contribution in [2.24, 2.45) is 5.92 Å². The molecule has 0 bridgehead atoms. The Morgan fingerprint density at radius 2 is 2.29 bits per heavy atom. The van der Waals surface area contributed by atoms with E-state index in [2.05, 4.69) is 23.9 Å². The van der Waals surface area contributed by atoms with Crippen molar-refractivity contribution in [2.75, 3.05) is 0 Å². The lowest BCUT2D eigenvalue weighted by Crippen LogP contribution is -2.12. The monoisotopic (exact) mass is 287 g/mol. The Morgan fingerprint density at radius 3 is 3.10 bits per heavy atom. The van der Waals surface area contributed by atoms with Crippen molar-refractivity contribution < 1.29 is 9.84 Å². The highest BCUT2D eigenvalue weighted by Crippen LogP contribution is 2.33. The number of ether oxygens (including phenoxy) is 1. The predicted molar refractivity (Wildman–Crippen MR) is 78.9 cm³/mol. The molecule has 0 amide bonds. The molecule has 0 aliphatic heterocycles. The highest BCUT2D eigenvalue weighted by Gasteiger charge is 2.20. The third kappa shape index (κ3) is 3.08. The summed E-state index contributed by atoms with van der Waals surface area (Å²) in [4.78, 5) is 4.26. The molecule has 5 nitrogen and oxygen atoms in total. The maximum absolute atomic E-state index is 9.81. The summed E-state index contributed by atoms with van der Waals surface area (Å²) >= 11 is 0. The lowest BCUT2D eigenvalue weighted by atomic mass is 10.1. The van der Waals surface area contributed by atoms with Gasteiger partial charge in [-0.15, -0.1) is 0 Å². The van der Waals surface area contributed by atoms with Crippen molar-refractivity contribution in [1.82, 2.24) is 14.8 Å². The van der Waals surface area contributed by atoms with E-state index in [9.17, 15) is 5.11 Å². The molecule has 0 radical (unpaired) electrons. The molecule has 112 valence electrons. The van der Waals surface area contributed by atoms with Crippen molar-refractivity contribution in [3.05, 3.63) is 41.5 Å². The molecule has 0 fully saturated rings. The largest absolute Gasteiger partial charge is 0.486 e. The second-order valence-corrected chi connectivity index (χ2v) is 5.96. The fourth-order valence-corrected chi connectivity index (χ4v) is 2.71. The molecule has 1 heterocycles. The Hall–Kier alpha value is -1.88. The molecule has 5 heteroatoms. The average Bonchev–Trinajstić information content (AvgIpc) is 3.03. The lowest BCUT2D eigenvalue weighted by molar-refractivity contribution is 0.180. The highest BCUT2D eigenvalue weighted by atomic mass is 16.5. The van der Waals surface area contributed by atoms with Gasteiger partial charge in [0.2, 0.25) is 0 Å². The summed E-state index contributed by atoms with van der Waals surface area (Å²) < 4.78 is 7.72. The summed E-state index contributed by atoms with van der Waals surface area (Å²) in [5, 5.41) is 14.0. The van der Waals surface area contributed by atoms with E-state index in [4.69, 9.17) is 4.74 Å². The van der Waals surface area contributed by atoms with Gasteiger partial charge < -0.3 is 9.84 Å². The normalized spacial score (nSPS) is 17.2.